The van der Waals surface area contributed by atoms with E-state index in [2.05, 4.69) is 27.3 Å². The number of aliphatic hydroxyl groups excluding tert-OH is 1. The molecule has 1 N–H and O–H groups in total. The lowest BCUT2D eigenvalue weighted by molar-refractivity contribution is 0.0268. The molecule has 0 saturated carbocycles. The summed E-state index contributed by atoms with van der Waals surface area (Å²) in [5.41, 5.74) is 2.20. The molecule has 2 aromatic rings. The largest absolute Gasteiger partial charge is 0.396 e. The van der Waals surface area contributed by atoms with E-state index >= 15 is 0 Å². The Morgan fingerprint density at radius 2 is 1.88 bits per heavy atom. The van der Waals surface area contributed by atoms with Gasteiger partial charge < -0.3 is 14.7 Å². The van der Waals surface area contributed by atoms with E-state index in [1.54, 1.807) is 11.3 Å². The number of aromatic nitrogens is 1. The molecule has 0 bridgehead atoms. The Bertz CT molecular complexity index is 672. The molecule has 4 rings (SSSR count). The molecule has 0 amide bonds. The van der Waals surface area contributed by atoms with Gasteiger partial charge in [0.15, 0.2) is 5.13 Å². The summed E-state index contributed by atoms with van der Waals surface area (Å²) in [6.07, 6.45) is 0. The number of ether oxygens (including phenoxy) is 1. The first-order valence-electron chi connectivity index (χ1n) is 9.00. The van der Waals surface area contributed by atoms with Crippen LogP contribution in [-0.2, 0) is 4.74 Å². The minimum absolute atomic E-state index is 0.252. The van der Waals surface area contributed by atoms with E-state index < -0.39 is 0 Å². The van der Waals surface area contributed by atoms with E-state index in [1.807, 2.05) is 18.2 Å². The van der Waals surface area contributed by atoms with Crippen LogP contribution in [-0.4, -0.2) is 67.5 Å². The normalized spacial score (nSPS) is 24.8. The van der Waals surface area contributed by atoms with Crippen molar-refractivity contribution in [3.63, 3.8) is 0 Å². The Morgan fingerprint density at radius 3 is 2.64 bits per heavy atom. The van der Waals surface area contributed by atoms with Crippen molar-refractivity contribution >= 4 is 16.5 Å². The summed E-state index contributed by atoms with van der Waals surface area (Å²) < 4.78 is 5.44. The van der Waals surface area contributed by atoms with E-state index in [-0.39, 0.29) is 6.61 Å². The molecule has 2 fully saturated rings. The second kappa shape index (κ2) is 7.83. The Labute approximate surface area is 152 Å². The maximum Gasteiger partial charge on any atom is 0.185 e. The molecule has 2 aliphatic heterocycles. The second-order valence-electron chi connectivity index (χ2n) is 6.90. The number of hydrogen-bond acceptors (Lipinski definition) is 6. The number of thiazole rings is 1. The summed E-state index contributed by atoms with van der Waals surface area (Å²) in [4.78, 5) is 9.66. The van der Waals surface area contributed by atoms with Crippen molar-refractivity contribution in [2.24, 2.45) is 11.8 Å². The third kappa shape index (κ3) is 3.87. The zero-order chi connectivity index (χ0) is 17.1. The van der Waals surface area contributed by atoms with Crippen LogP contribution in [0.2, 0.25) is 0 Å². The first-order chi connectivity index (χ1) is 12.3. The molecular weight excluding hydrogens is 334 g/mol. The zero-order valence-corrected chi connectivity index (χ0v) is 15.2. The van der Waals surface area contributed by atoms with Crippen LogP contribution in [0.25, 0.3) is 11.3 Å². The van der Waals surface area contributed by atoms with Crippen molar-refractivity contribution in [3.05, 3.63) is 35.7 Å². The van der Waals surface area contributed by atoms with Crippen LogP contribution in [0, 0.1) is 11.8 Å². The number of hydrogen-bond donors (Lipinski definition) is 1. The number of rotatable bonds is 5. The maximum absolute atomic E-state index is 9.83. The molecule has 5 nitrogen and oxygen atoms in total. The third-order valence-electron chi connectivity index (χ3n) is 5.24. The molecule has 1 aromatic carbocycles. The second-order valence-corrected chi connectivity index (χ2v) is 7.74. The minimum atomic E-state index is 0.252. The SMILES string of the molecule is OC[C@H]1CN(c2nc(-c3ccccc3)cs2)C[C@H]1CN1CCOCC1. The number of aliphatic hydroxyl groups is 1. The highest BCUT2D eigenvalue weighted by Crippen LogP contribution is 2.33. The molecule has 0 aliphatic carbocycles. The summed E-state index contributed by atoms with van der Waals surface area (Å²) in [5, 5.41) is 13.0. The molecule has 1 aromatic heterocycles. The first kappa shape index (κ1) is 17.0. The molecule has 0 unspecified atom stereocenters. The standard InChI is InChI=1S/C19H25N3O2S/c23-13-17-12-22(11-16(17)10-21-6-8-24-9-7-21)19-20-18(14-25-19)15-4-2-1-3-5-15/h1-5,14,16-17,23H,6-13H2/t16-,17-/m1/s1. The van der Waals surface area contributed by atoms with E-state index in [0.717, 1.165) is 62.3 Å². The van der Waals surface area contributed by atoms with Gasteiger partial charge in [-0.25, -0.2) is 4.98 Å². The zero-order valence-electron chi connectivity index (χ0n) is 14.4. The minimum Gasteiger partial charge on any atom is -0.396 e. The van der Waals surface area contributed by atoms with Crippen molar-refractivity contribution in [3.8, 4) is 11.3 Å². The molecular formula is C19H25N3O2S. The van der Waals surface area contributed by atoms with E-state index in [0.29, 0.717) is 11.8 Å². The summed E-state index contributed by atoms with van der Waals surface area (Å²) >= 11 is 1.70. The van der Waals surface area contributed by atoms with Crippen molar-refractivity contribution in [1.29, 1.82) is 0 Å². The van der Waals surface area contributed by atoms with Gasteiger partial charge in [0.2, 0.25) is 0 Å². The van der Waals surface area contributed by atoms with Crippen LogP contribution in [0.4, 0.5) is 5.13 Å². The fourth-order valence-corrected chi connectivity index (χ4v) is 4.63. The molecule has 0 spiro atoms. The van der Waals surface area contributed by atoms with Gasteiger partial charge in [0.25, 0.3) is 0 Å². The van der Waals surface area contributed by atoms with Crippen molar-refractivity contribution < 1.29 is 9.84 Å². The lowest BCUT2D eigenvalue weighted by Gasteiger charge is -2.30. The van der Waals surface area contributed by atoms with E-state index in [1.165, 1.54) is 0 Å². The smallest absolute Gasteiger partial charge is 0.185 e. The van der Waals surface area contributed by atoms with Crippen LogP contribution in [0.3, 0.4) is 0 Å². The average Bonchev–Trinajstić information content (AvgIpc) is 3.30. The third-order valence-corrected chi connectivity index (χ3v) is 6.14. The van der Waals surface area contributed by atoms with Gasteiger partial charge >= 0.3 is 0 Å². The highest BCUT2D eigenvalue weighted by Gasteiger charge is 2.35. The monoisotopic (exact) mass is 359 g/mol. The lowest BCUT2D eigenvalue weighted by Crippen LogP contribution is -2.41. The molecule has 3 heterocycles. The topological polar surface area (TPSA) is 48.8 Å². The van der Waals surface area contributed by atoms with Crippen LogP contribution in [0.15, 0.2) is 35.7 Å². The number of morpholine rings is 1. The van der Waals surface area contributed by atoms with Crippen molar-refractivity contribution in [2.45, 2.75) is 0 Å². The van der Waals surface area contributed by atoms with Crippen molar-refractivity contribution in [2.75, 3.05) is 57.4 Å². The number of anilines is 1. The summed E-state index contributed by atoms with van der Waals surface area (Å²) in [7, 11) is 0. The molecule has 2 aliphatic rings. The number of benzene rings is 1. The lowest BCUT2D eigenvalue weighted by atomic mass is 9.96. The summed E-state index contributed by atoms with van der Waals surface area (Å²) in [6, 6.07) is 10.3. The molecule has 134 valence electrons. The highest BCUT2D eigenvalue weighted by molar-refractivity contribution is 7.14. The molecule has 2 saturated heterocycles. The Morgan fingerprint density at radius 1 is 1.12 bits per heavy atom. The van der Waals surface area contributed by atoms with E-state index in [9.17, 15) is 5.11 Å². The summed E-state index contributed by atoms with van der Waals surface area (Å²) in [5.74, 6) is 0.819. The van der Waals surface area contributed by atoms with Crippen LogP contribution in [0.1, 0.15) is 0 Å². The van der Waals surface area contributed by atoms with Gasteiger partial charge in [0.05, 0.1) is 18.9 Å². The highest BCUT2D eigenvalue weighted by atomic mass is 32.1. The average molecular weight is 359 g/mol. The van der Waals surface area contributed by atoms with E-state index in [4.69, 9.17) is 9.72 Å². The fourth-order valence-electron chi connectivity index (χ4n) is 3.78. The predicted molar refractivity (Wildman–Crippen MR) is 101 cm³/mol. The first-order valence-corrected chi connectivity index (χ1v) is 9.88. The fraction of sp³-hybridized carbons (Fsp3) is 0.526. The summed E-state index contributed by atoms with van der Waals surface area (Å²) in [6.45, 7) is 6.83. The van der Waals surface area contributed by atoms with Crippen LogP contribution < -0.4 is 4.90 Å². The van der Waals surface area contributed by atoms with Gasteiger partial charge in [-0.3, -0.25) is 4.90 Å². The molecule has 25 heavy (non-hydrogen) atoms. The van der Waals surface area contributed by atoms with Gasteiger partial charge in [-0.15, -0.1) is 11.3 Å². The molecule has 2 atom stereocenters. The van der Waals surface area contributed by atoms with Gasteiger partial charge in [-0.2, -0.15) is 0 Å². The predicted octanol–water partition coefficient (Wildman–Crippen LogP) is 2.19. The van der Waals surface area contributed by atoms with Crippen LogP contribution >= 0.6 is 11.3 Å². The number of nitrogens with zero attached hydrogens (tertiary/aromatic N) is 3. The van der Waals surface area contributed by atoms with Gasteiger partial charge in [0.1, 0.15) is 0 Å². The maximum atomic E-state index is 9.83. The van der Waals surface area contributed by atoms with Crippen molar-refractivity contribution in [1.82, 2.24) is 9.88 Å². The molecule has 0 radical (unpaired) electrons. The van der Waals surface area contributed by atoms with Crippen LogP contribution in [0.5, 0.6) is 0 Å². The Hall–Kier alpha value is -1.47. The Kier molecular flexibility index (Phi) is 5.31. The Balaban J connectivity index is 1.44. The quantitative estimate of drug-likeness (QED) is 0.887. The molecule has 6 heteroatoms. The van der Waals surface area contributed by atoms with Gasteiger partial charge in [-0.05, 0) is 5.92 Å². The van der Waals surface area contributed by atoms with Gasteiger partial charge in [-0.1, -0.05) is 30.3 Å². The van der Waals surface area contributed by atoms with Gasteiger partial charge in [0, 0.05) is 56.2 Å².